The van der Waals surface area contributed by atoms with E-state index in [2.05, 4.69) is 24.1 Å². The summed E-state index contributed by atoms with van der Waals surface area (Å²) >= 11 is 12.1. The number of benzene rings is 2. The summed E-state index contributed by atoms with van der Waals surface area (Å²) in [7, 11) is 3.74. The topological polar surface area (TPSA) is 48.0 Å². The first-order valence-electron chi connectivity index (χ1n) is 9.87. The number of hydrogen-bond acceptors (Lipinski definition) is 5. The Balaban J connectivity index is 1.45. The molecule has 0 saturated carbocycles. The normalized spacial score (nSPS) is 25.9. The molecule has 2 aliphatic heterocycles. The van der Waals surface area contributed by atoms with Crippen molar-refractivity contribution in [1.82, 2.24) is 0 Å². The second-order valence-corrected chi connectivity index (χ2v) is 8.82. The lowest BCUT2D eigenvalue weighted by Gasteiger charge is -2.42. The van der Waals surface area contributed by atoms with Gasteiger partial charge in [0.25, 0.3) is 0 Å². The molecule has 2 aromatic rings. The number of nitrogens with zero attached hydrogens (tertiary/aromatic N) is 1. The van der Waals surface area contributed by atoms with Gasteiger partial charge in [-0.3, -0.25) is 0 Å². The highest BCUT2D eigenvalue weighted by atomic mass is 35.5. The molecule has 0 amide bonds. The lowest BCUT2D eigenvalue weighted by atomic mass is 9.67. The number of ether oxygens (including phenoxy) is 3. The fourth-order valence-electron chi connectivity index (χ4n) is 4.81. The van der Waals surface area contributed by atoms with Gasteiger partial charge in [-0.2, -0.15) is 0 Å². The smallest absolute Gasteiger partial charge is 0.340 e. The maximum absolute atomic E-state index is 12.7. The Morgan fingerprint density at radius 2 is 2.10 bits per heavy atom. The van der Waals surface area contributed by atoms with Crippen LogP contribution in [-0.4, -0.2) is 38.9 Å². The van der Waals surface area contributed by atoms with Gasteiger partial charge in [-0.1, -0.05) is 29.3 Å². The van der Waals surface area contributed by atoms with Gasteiger partial charge in [-0.05, 0) is 42.8 Å². The van der Waals surface area contributed by atoms with E-state index in [1.165, 1.54) is 11.6 Å². The number of esters is 1. The standard InChI is InChI=1S/C23H21Cl2NO4/c1-26-10-9-23-8-7-14(29-22(27)15-4-3-13(24)11-16(15)25)12-19(23)30-21-18(28-2)6-5-17(26)20(21)23/h3-8,11,14,19H,9-10,12H2,1-2H3/t14-,19?,23-/m0/s1. The number of hydrogen-bond donors (Lipinski definition) is 0. The predicted octanol–water partition coefficient (Wildman–Crippen LogP) is 5.03. The molecule has 0 saturated heterocycles. The summed E-state index contributed by atoms with van der Waals surface area (Å²) in [5, 5.41) is 0.748. The van der Waals surface area contributed by atoms with Crippen LogP contribution < -0.4 is 14.4 Å². The van der Waals surface area contributed by atoms with E-state index in [0.717, 1.165) is 30.2 Å². The summed E-state index contributed by atoms with van der Waals surface area (Å²) in [6.07, 6.45) is 5.11. The van der Waals surface area contributed by atoms with Crippen LogP contribution in [0.3, 0.4) is 0 Å². The molecule has 0 aromatic heterocycles. The minimum atomic E-state index is -0.473. The second kappa shape index (κ2) is 7.10. The molecule has 3 aliphatic rings. The monoisotopic (exact) mass is 445 g/mol. The number of rotatable bonds is 3. The molecule has 0 radical (unpaired) electrons. The van der Waals surface area contributed by atoms with Gasteiger partial charge in [0.15, 0.2) is 11.5 Å². The first-order valence-corrected chi connectivity index (χ1v) is 10.6. The van der Waals surface area contributed by atoms with Crippen molar-refractivity contribution in [2.24, 2.45) is 0 Å². The van der Waals surface area contributed by atoms with E-state index in [4.69, 9.17) is 37.4 Å². The van der Waals surface area contributed by atoms with Crippen LogP contribution in [0.4, 0.5) is 5.69 Å². The molecular formula is C23H21Cl2NO4. The maximum Gasteiger partial charge on any atom is 0.340 e. The molecule has 0 N–H and O–H groups in total. The van der Waals surface area contributed by atoms with Crippen LogP contribution in [0.1, 0.15) is 28.8 Å². The summed E-state index contributed by atoms with van der Waals surface area (Å²) in [4.78, 5) is 14.9. The van der Waals surface area contributed by atoms with E-state index >= 15 is 0 Å². The van der Waals surface area contributed by atoms with Crippen molar-refractivity contribution in [2.45, 2.75) is 30.5 Å². The number of halogens is 2. The van der Waals surface area contributed by atoms with Crippen LogP contribution in [0.2, 0.25) is 10.0 Å². The lowest BCUT2D eigenvalue weighted by Crippen LogP contribution is -2.47. The summed E-state index contributed by atoms with van der Waals surface area (Å²) in [5.74, 6) is 1.05. The van der Waals surface area contributed by atoms with Gasteiger partial charge in [0.1, 0.15) is 12.2 Å². The summed E-state index contributed by atoms with van der Waals surface area (Å²) in [5.41, 5.74) is 2.40. The molecule has 1 unspecified atom stereocenters. The van der Waals surface area contributed by atoms with E-state index in [-0.39, 0.29) is 16.5 Å². The zero-order chi connectivity index (χ0) is 21.0. The highest BCUT2D eigenvalue weighted by Gasteiger charge is 2.54. The van der Waals surface area contributed by atoms with Gasteiger partial charge in [0.2, 0.25) is 0 Å². The Morgan fingerprint density at radius 1 is 1.27 bits per heavy atom. The van der Waals surface area contributed by atoms with Gasteiger partial charge in [0.05, 0.1) is 23.1 Å². The zero-order valence-corrected chi connectivity index (χ0v) is 18.2. The van der Waals surface area contributed by atoms with Gasteiger partial charge >= 0.3 is 5.97 Å². The molecule has 5 rings (SSSR count). The van der Waals surface area contributed by atoms with Gasteiger partial charge in [-0.25, -0.2) is 4.79 Å². The van der Waals surface area contributed by atoms with E-state index in [1.54, 1.807) is 19.2 Å². The van der Waals surface area contributed by atoms with Crippen molar-refractivity contribution in [3.63, 3.8) is 0 Å². The van der Waals surface area contributed by atoms with Crippen molar-refractivity contribution >= 4 is 34.9 Å². The SMILES string of the molecule is COc1ccc2c3c1OC1C[C@@H](OC(=O)c4ccc(Cl)cc4Cl)C=C[C@@]31CCN2C. The predicted molar refractivity (Wildman–Crippen MR) is 116 cm³/mol. The molecule has 0 fully saturated rings. The first kappa shape index (κ1) is 19.6. The van der Waals surface area contributed by atoms with Crippen LogP contribution in [0.15, 0.2) is 42.5 Å². The molecule has 5 nitrogen and oxygen atoms in total. The largest absolute Gasteiger partial charge is 0.493 e. The zero-order valence-electron chi connectivity index (χ0n) is 16.7. The van der Waals surface area contributed by atoms with Crippen LogP contribution >= 0.6 is 23.2 Å². The maximum atomic E-state index is 12.7. The number of anilines is 1. The van der Waals surface area contributed by atoms with Gasteiger partial charge in [0, 0.05) is 36.3 Å². The molecule has 2 heterocycles. The number of carbonyl (C=O) groups excluding carboxylic acids is 1. The Bertz CT molecular complexity index is 1070. The van der Waals surface area contributed by atoms with Crippen LogP contribution in [0.5, 0.6) is 11.5 Å². The van der Waals surface area contributed by atoms with Crippen molar-refractivity contribution in [2.75, 3.05) is 25.6 Å². The summed E-state index contributed by atoms with van der Waals surface area (Å²) in [6.45, 7) is 0.924. The van der Waals surface area contributed by atoms with Crippen molar-refractivity contribution in [3.8, 4) is 11.5 Å². The van der Waals surface area contributed by atoms with Crippen molar-refractivity contribution < 1.29 is 19.0 Å². The average molecular weight is 446 g/mol. The molecule has 0 bridgehead atoms. The minimum Gasteiger partial charge on any atom is -0.493 e. The van der Waals surface area contributed by atoms with E-state index in [9.17, 15) is 4.79 Å². The van der Waals surface area contributed by atoms with Gasteiger partial charge in [-0.15, -0.1) is 0 Å². The third kappa shape index (κ3) is 2.87. The molecule has 1 aliphatic carbocycles. The minimum absolute atomic E-state index is 0.125. The lowest BCUT2D eigenvalue weighted by molar-refractivity contribution is 0.0221. The second-order valence-electron chi connectivity index (χ2n) is 7.97. The summed E-state index contributed by atoms with van der Waals surface area (Å²) in [6, 6.07) is 8.78. The fraction of sp³-hybridized carbons (Fsp3) is 0.348. The van der Waals surface area contributed by atoms with Crippen molar-refractivity contribution in [1.29, 1.82) is 0 Å². The van der Waals surface area contributed by atoms with Gasteiger partial charge < -0.3 is 19.1 Å². The number of carbonyl (C=O) groups is 1. The Morgan fingerprint density at radius 3 is 2.87 bits per heavy atom. The number of methoxy groups -OCH3 is 1. The molecule has 7 heteroatoms. The van der Waals surface area contributed by atoms with E-state index in [1.807, 2.05) is 12.1 Å². The average Bonchev–Trinajstić information content (AvgIpc) is 3.06. The Kier molecular flexibility index (Phi) is 4.64. The van der Waals surface area contributed by atoms with Crippen LogP contribution in [0.25, 0.3) is 0 Å². The van der Waals surface area contributed by atoms with Crippen molar-refractivity contribution in [3.05, 3.63) is 63.7 Å². The fourth-order valence-corrected chi connectivity index (χ4v) is 5.30. The molecule has 156 valence electrons. The van der Waals surface area contributed by atoms with Crippen LogP contribution in [-0.2, 0) is 10.2 Å². The highest BCUT2D eigenvalue weighted by Crippen LogP contribution is 2.58. The van der Waals surface area contributed by atoms with E-state index in [0.29, 0.717) is 17.0 Å². The Labute approximate surface area is 185 Å². The van der Waals surface area contributed by atoms with E-state index < -0.39 is 12.1 Å². The third-order valence-corrected chi connectivity index (χ3v) is 6.90. The first-order chi connectivity index (χ1) is 14.4. The third-order valence-electron chi connectivity index (χ3n) is 6.36. The molecule has 30 heavy (non-hydrogen) atoms. The van der Waals surface area contributed by atoms with Crippen LogP contribution in [0, 0.1) is 0 Å². The quantitative estimate of drug-likeness (QED) is 0.489. The molecule has 1 spiro atoms. The molecule has 3 atom stereocenters. The molecular weight excluding hydrogens is 425 g/mol. The summed E-state index contributed by atoms with van der Waals surface area (Å²) < 4.78 is 17.7. The highest BCUT2D eigenvalue weighted by molar-refractivity contribution is 6.36. The Hall–Kier alpha value is -2.37. The molecule has 2 aromatic carbocycles.